The van der Waals surface area contributed by atoms with Crippen molar-refractivity contribution in [1.29, 1.82) is 0 Å². The number of ether oxygens (including phenoxy) is 1. The first-order valence-electron chi connectivity index (χ1n) is 6.09. The zero-order valence-corrected chi connectivity index (χ0v) is 10.2. The predicted molar refractivity (Wildman–Crippen MR) is 67.3 cm³/mol. The summed E-state index contributed by atoms with van der Waals surface area (Å²) in [5.41, 5.74) is 6.67. The molecule has 0 spiro atoms. The molecule has 3 heteroatoms. The van der Waals surface area contributed by atoms with Gasteiger partial charge in [-0.05, 0) is 37.1 Å². The predicted octanol–water partition coefficient (Wildman–Crippen LogP) is 2.54. The van der Waals surface area contributed by atoms with Gasteiger partial charge in [-0.25, -0.2) is 0 Å². The van der Waals surface area contributed by atoms with Crippen LogP contribution in [0.2, 0.25) is 0 Å². The van der Waals surface area contributed by atoms with E-state index >= 15 is 0 Å². The molecule has 2 N–H and O–H groups in total. The zero-order valence-electron chi connectivity index (χ0n) is 10.2. The summed E-state index contributed by atoms with van der Waals surface area (Å²) >= 11 is 0. The number of nitrogens with two attached hydrogens (primary N) is 1. The van der Waals surface area contributed by atoms with Crippen molar-refractivity contribution in [2.24, 2.45) is 5.73 Å². The van der Waals surface area contributed by atoms with Gasteiger partial charge in [-0.1, -0.05) is 12.8 Å². The number of hydrogen-bond donors (Lipinski definition) is 1. The van der Waals surface area contributed by atoms with Gasteiger partial charge < -0.3 is 10.5 Å². The highest BCUT2D eigenvalue weighted by atomic mass is 16.5. The molecule has 0 bridgehead atoms. The highest BCUT2D eigenvalue weighted by Gasteiger charge is 2.31. The summed E-state index contributed by atoms with van der Waals surface area (Å²) in [6.07, 6.45) is 4.68. The monoisotopic (exact) mass is 233 g/mol. The molecule has 0 aromatic heterocycles. The Morgan fingerprint density at radius 1 is 1.29 bits per heavy atom. The van der Waals surface area contributed by atoms with Crippen molar-refractivity contribution in [3.63, 3.8) is 0 Å². The van der Waals surface area contributed by atoms with Gasteiger partial charge in [-0.3, -0.25) is 4.79 Å². The van der Waals surface area contributed by atoms with Crippen molar-refractivity contribution in [3.05, 3.63) is 29.8 Å². The van der Waals surface area contributed by atoms with E-state index in [-0.39, 0.29) is 11.3 Å². The van der Waals surface area contributed by atoms with Crippen LogP contribution in [0.4, 0.5) is 0 Å². The normalized spacial score (nSPS) is 18.0. The van der Waals surface area contributed by atoms with Crippen LogP contribution < -0.4 is 10.5 Å². The Hall–Kier alpha value is -1.35. The topological polar surface area (TPSA) is 52.3 Å². The minimum Gasteiger partial charge on any atom is -0.497 e. The summed E-state index contributed by atoms with van der Waals surface area (Å²) in [4.78, 5) is 12.1. The van der Waals surface area contributed by atoms with E-state index in [9.17, 15) is 4.79 Å². The first-order chi connectivity index (χ1) is 8.13. The van der Waals surface area contributed by atoms with Gasteiger partial charge in [0.2, 0.25) is 0 Å². The Morgan fingerprint density at radius 3 is 2.41 bits per heavy atom. The van der Waals surface area contributed by atoms with E-state index in [2.05, 4.69) is 0 Å². The lowest BCUT2D eigenvalue weighted by Gasteiger charge is -2.22. The largest absolute Gasteiger partial charge is 0.497 e. The van der Waals surface area contributed by atoms with Crippen LogP contribution >= 0.6 is 0 Å². The fraction of sp³-hybridized carbons (Fsp3) is 0.500. The minimum absolute atomic E-state index is 0.136. The average molecular weight is 233 g/mol. The van der Waals surface area contributed by atoms with Crippen molar-refractivity contribution in [2.75, 3.05) is 7.11 Å². The second kappa shape index (κ2) is 4.88. The summed E-state index contributed by atoms with van der Waals surface area (Å²) in [5.74, 6) is 0.905. The van der Waals surface area contributed by atoms with Crippen LogP contribution in [0, 0.1) is 0 Å². The molecule has 0 aliphatic heterocycles. The Labute approximate surface area is 102 Å². The molecule has 0 heterocycles. The summed E-state index contributed by atoms with van der Waals surface area (Å²) in [6.45, 7) is 0. The Kier molecular flexibility index (Phi) is 3.48. The molecular weight excluding hydrogens is 214 g/mol. The summed E-state index contributed by atoms with van der Waals surface area (Å²) < 4.78 is 5.07. The van der Waals surface area contributed by atoms with Crippen LogP contribution in [-0.2, 0) is 0 Å². The summed E-state index contributed by atoms with van der Waals surface area (Å²) in [6, 6.07) is 7.23. The zero-order chi connectivity index (χ0) is 12.3. The third-order valence-corrected chi connectivity index (χ3v) is 3.52. The lowest BCUT2D eigenvalue weighted by atomic mass is 9.90. The second-order valence-corrected chi connectivity index (χ2v) is 4.90. The van der Waals surface area contributed by atoms with E-state index in [1.165, 1.54) is 0 Å². The lowest BCUT2D eigenvalue weighted by molar-refractivity contribution is 0.0952. The maximum absolute atomic E-state index is 12.1. The molecule has 1 aromatic rings. The Bertz CT molecular complexity index is 391. The first-order valence-corrected chi connectivity index (χ1v) is 6.09. The number of rotatable bonds is 4. The highest BCUT2D eigenvalue weighted by molar-refractivity contribution is 5.96. The minimum atomic E-state index is -0.267. The molecular formula is C14H19NO2. The van der Waals surface area contributed by atoms with E-state index in [1.807, 2.05) is 12.1 Å². The highest BCUT2D eigenvalue weighted by Crippen LogP contribution is 2.31. The van der Waals surface area contributed by atoms with Gasteiger partial charge in [0.05, 0.1) is 7.11 Å². The van der Waals surface area contributed by atoms with Gasteiger partial charge in [0.25, 0.3) is 0 Å². The van der Waals surface area contributed by atoms with E-state index in [4.69, 9.17) is 10.5 Å². The third-order valence-electron chi connectivity index (χ3n) is 3.52. The number of Topliss-reactive ketones (excluding diaryl/α,β-unsaturated/α-hetero) is 1. The van der Waals surface area contributed by atoms with Crippen LogP contribution in [-0.4, -0.2) is 18.4 Å². The summed E-state index contributed by atoms with van der Waals surface area (Å²) in [5, 5.41) is 0. The molecule has 92 valence electrons. The Morgan fingerprint density at radius 2 is 1.88 bits per heavy atom. The van der Waals surface area contributed by atoms with Crippen LogP contribution in [0.15, 0.2) is 24.3 Å². The van der Waals surface area contributed by atoms with Crippen LogP contribution in [0.3, 0.4) is 0 Å². The van der Waals surface area contributed by atoms with E-state index in [0.29, 0.717) is 6.42 Å². The molecule has 1 aliphatic carbocycles. The molecule has 0 atom stereocenters. The van der Waals surface area contributed by atoms with Crippen molar-refractivity contribution >= 4 is 5.78 Å². The molecule has 3 nitrogen and oxygen atoms in total. The Balaban J connectivity index is 2.03. The molecule has 2 rings (SSSR count). The van der Waals surface area contributed by atoms with Crippen molar-refractivity contribution in [3.8, 4) is 5.75 Å². The molecule has 1 saturated carbocycles. The van der Waals surface area contributed by atoms with Gasteiger partial charge in [-0.2, -0.15) is 0 Å². The number of hydrogen-bond acceptors (Lipinski definition) is 3. The number of ketones is 1. The summed E-state index contributed by atoms with van der Waals surface area (Å²) in [7, 11) is 1.62. The van der Waals surface area contributed by atoms with Gasteiger partial charge in [0.1, 0.15) is 5.75 Å². The van der Waals surface area contributed by atoms with Gasteiger partial charge in [0, 0.05) is 17.5 Å². The standard InChI is InChI=1S/C14H19NO2/c1-17-12-6-4-11(5-7-12)13(16)10-14(15)8-2-3-9-14/h4-7H,2-3,8-10,15H2,1H3. The van der Waals surface area contributed by atoms with E-state index < -0.39 is 0 Å². The lowest BCUT2D eigenvalue weighted by Crippen LogP contribution is -2.38. The maximum atomic E-state index is 12.1. The fourth-order valence-electron chi connectivity index (χ4n) is 2.45. The number of carbonyl (C=O) groups is 1. The quantitative estimate of drug-likeness (QED) is 0.813. The molecule has 17 heavy (non-hydrogen) atoms. The van der Waals surface area contributed by atoms with Gasteiger partial charge in [-0.15, -0.1) is 0 Å². The van der Waals surface area contributed by atoms with Crippen LogP contribution in [0.5, 0.6) is 5.75 Å². The molecule has 0 unspecified atom stereocenters. The van der Waals surface area contributed by atoms with Crippen molar-refractivity contribution < 1.29 is 9.53 Å². The fourth-order valence-corrected chi connectivity index (χ4v) is 2.45. The number of benzene rings is 1. The van der Waals surface area contributed by atoms with Crippen molar-refractivity contribution in [1.82, 2.24) is 0 Å². The smallest absolute Gasteiger partial charge is 0.164 e. The average Bonchev–Trinajstić information content (AvgIpc) is 2.76. The SMILES string of the molecule is COc1ccc(C(=O)CC2(N)CCCC2)cc1. The maximum Gasteiger partial charge on any atom is 0.164 e. The molecule has 0 saturated heterocycles. The molecule has 0 amide bonds. The van der Waals surface area contributed by atoms with Crippen LogP contribution in [0.1, 0.15) is 42.5 Å². The molecule has 1 aliphatic rings. The van der Waals surface area contributed by atoms with Crippen LogP contribution in [0.25, 0.3) is 0 Å². The van der Waals surface area contributed by atoms with E-state index in [1.54, 1.807) is 19.2 Å². The molecule has 0 radical (unpaired) electrons. The first kappa shape index (κ1) is 12.1. The van der Waals surface area contributed by atoms with E-state index in [0.717, 1.165) is 37.0 Å². The molecule has 1 fully saturated rings. The van der Waals surface area contributed by atoms with Gasteiger partial charge in [0.15, 0.2) is 5.78 Å². The second-order valence-electron chi connectivity index (χ2n) is 4.90. The van der Waals surface area contributed by atoms with Gasteiger partial charge >= 0.3 is 0 Å². The van der Waals surface area contributed by atoms with Crippen molar-refractivity contribution in [2.45, 2.75) is 37.6 Å². The number of methoxy groups -OCH3 is 1. The third kappa shape index (κ3) is 2.86. The number of carbonyl (C=O) groups excluding carboxylic acids is 1. The molecule has 1 aromatic carbocycles.